The third kappa shape index (κ3) is 2.27. The van der Waals surface area contributed by atoms with E-state index in [2.05, 4.69) is 22.1 Å². The fourth-order valence-electron chi connectivity index (χ4n) is 2.53. The van der Waals surface area contributed by atoms with Gasteiger partial charge in [0.15, 0.2) is 0 Å². The van der Waals surface area contributed by atoms with E-state index in [9.17, 15) is 0 Å². The number of aromatic nitrogens is 2. The topological polar surface area (TPSA) is 61.7 Å². The van der Waals surface area contributed by atoms with Crippen molar-refractivity contribution >= 4 is 0 Å². The Morgan fingerprint density at radius 2 is 2.40 bits per heavy atom. The lowest BCUT2D eigenvalue weighted by molar-refractivity contribution is 0.288. The lowest BCUT2D eigenvalue weighted by Gasteiger charge is -2.17. The Balaban J connectivity index is 1.92. The molecule has 0 spiro atoms. The summed E-state index contributed by atoms with van der Waals surface area (Å²) < 4.78 is 5.62. The summed E-state index contributed by atoms with van der Waals surface area (Å²) in [5, 5.41) is 9.09. The summed E-state index contributed by atoms with van der Waals surface area (Å²) in [5.74, 6) is 1.58. The largest absolute Gasteiger partial charge is 0.493 e. The summed E-state index contributed by atoms with van der Waals surface area (Å²) >= 11 is 0. The van der Waals surface area contributed by atoms with Crippen molar-refractivity contribution in [1.29, 1.82) is 5.26 Å². The molecule has 1 N–H and O–H groups in total. The molecule has 0 saturated heterocycles. The van der Waals surface area contributed by atoms with Crippen LogP contribution in [-0.2, 0) is 6.42 Å². The molecule has 0 aliphatic carbocycles. The summed E-state index contributed by atoms with van der Waals surface area (Å²) in [6, 6.07) is 8.48. The van der Waals surface area contributed by atoms with Crippen molar-refractivity contribution in [2.24, 2.45) is 0 Å². The molecule has 102 valence electrons. The van der Waals surface area contributed by atoms with Gasteiger partial charge in [-0.2, -0.15) is 5.26 Å². The second-order valence-electron chi connectivity index (χ2n) is 5.05. The highest BCUT2D eigenvalue weighted by molar-refractivity contribution is 5.62. The molecule has 1 aliphatic heterocycles. The van der Waals surface area contributed by atoms with Crippen molar-refractivity contribution in [3.05, 3.63) is 35.8 Å². The van der Waals surface area contributed by atoms with E-state index in [4.69, 9.17) is 10.00 Å². The van der Waals surface area contributed by atoms with Gasteiger partial charge < -0.3 is 9.72 Å². The normalized spacial score (nSPS) is 15.0. The van der Waals surface area contributed by atoms with Crippen LogP contribution in [0, 0.1) is 11.3 Å². The molecule has 0 radical (unpaired) electrons. The number of fused-ring (bicyclic) bond motifs is 1. The van der Waals surface area contributed by atoms with Gasteiger partial charge in [0.2, 0.25) is 0 Å². The average Bonchev–Trinajstić information content (AvgIpc) is 2.98. The number of nitrogens with one attached hydrogen (secondary N) is 1. The van der Waals surface area contributed by atoms with Crippen molar-refractivity contribution in [3.8, 4) is 23.1 Å². The zero-order valence-corrected chi connectivity index (χ0v) is 11.5. The number of aromatic amines is 1. The van der Waals surface area contributed by atoms with Gasteiger partial charge in [-0.1, -0.05) is 6.92 Å². The van der Waals surface area contributed by atoms with Crippen molar-refractivity contribution in [2.75, 3.05) is 6.61 Å². The first kappa shape index (κ1) is 12.7. The van der Waals surface area contributed by atoms with E-state index in [0.29, 0.717) is 0 Å². The first-order valence-electron chi connectivity index (χ1n) is 7.02. The van der Waals surface area contributed by atoms with Crippen molar-refractivity contribution in [2.45, 2.75) is 32.1 Å². The maximum Gasteiger partial charge on any atom is 0.123 e. The third-order valence-corrected chi connectivity index (χ3v) is 3.71. The summed E-state index contributed by atoms with van der Waals surface area (Å²) in [6.45, 7) is 2.80. The minimum atomic E-state index is -0.162. The molecule has 0 saturated carbocycles. The van der Waals surface area contributed by atoms with E-state index in [0.717, 1.165) is 48.7 Å². The molecule has 4 nitrogen and oxygen atoms in total. The van der Waals surface area contributed by atoms with Gasteiger partial charge in [-0.25, -0.2) is 4.98 Å². The van der Waals surface area contributed by atoms with E-state index in [-0.39, 0.29) is 5.92 Å². The van der Waals surface area contributed by atoms with Crippen LogP contribution in [0.25, 0.3) is 11.3 Å². The van der Waals surface area contributed by atoms with Gasteiger partial charge in [0.05, 0.1) is 24.6 Å². The summed E-state index contributed by atoms with van der Waals surface area (Å²) in [6.07, 6.45) is 4.69. The molecular formula is C16H17N3O. The SMILES string of the molecule is CCC(C#N)c1ncc(-c2ccc3c(c2)CCCO3)[nH]1. The Bertz CT molecular complexity index is 654. The molecule has 1 aliphatic rings. The van der Waals surface area contributed by atoms with Gasteiger partial charge in [-0.05, 0) is 43.0 Å². The molecular weight excluding hydrogens is 250 g/mol. The molecule has 20 heavy (non-hydrogen) atoms. The summed E-state index contributed by atoms with van der Waals surface area (Å²) in [7, 11) is 0. The van der Waals surface area contributed by atoms with E-state index in [1.165, 1.54) is 5.56 Å². The van der Waals surface area contributed by atoms with Crippen LogP contribution in [0.2, 0.25) is 0 Å². The number of nitrogens with zero attached hydrogens (tertiary/aromatic N) is 2. The van der Waals surface area contributed by atoms with Crippen LogP contribution in [0.5, 0.6) is 5.75 Å². The standard InChI is InChI=1S/C16H17N3O/c1-2-11(9-17)16-18-10-14(19-16)12-5-6-15-13(8-12)4-3-7-20-15/h5-6,8,10-11H,2-4,7H2,1H3,(H,18,19). The fourth-order valence-corrected chi connectivity index (χ4v) is 2.53. The zero-order chi connectivity index (χ0) is 13.9. The van der Waals surface area contributed by atoms with Crippen LogP contribution in [0.3, 0.4) is 0 Å². The number of imidazole rings is 1. The number of aryl methyl sites for hydroxylation is 1. The maximum atomic E-state index is 9.09. The Labute approximate surface area is 118 Å². The van der Waals surface area contributed by atoms with E-state index in [1.54, 1.807) is 6.20 Å². The predicted octanol–water partition coefficient (Wildman–Crippen LogP) is 3.42. The molecule has 0 fully saturated rings. The molecule has 2 heterocycles. The molecule has 1 aromatic carbocycles. The molecule has 1 atom stereocenters. The Kier molecular flexibility index (Phi) is 3.42. The Morgan fingerprint density at radius 1 is 1.50 bits per heavy atom. The smallest absolute Gasteiger partial charge is 0.123 e. The molecule has 1 aromatic heterocycles. The number of ether oxygens (including phenoxy) is 1. The number of benzene rings is 1. The van der Waals surface area contributed by atoms with Crippen LogP contribution < -0.4 is 4.74 Å². The van der Waals surface area contributed by atoms with Gasteiger partial charge >= 0.3 is 0 Å². The Hall–Kier alpha value is -2.28. The number of H-pyrrole nitrogens is 1. The monoisotopic (exact) mass is 267 g/mol. The van der Waals surface area contributed by atoms with Crippen LogP contribution in [0.15, 0.2) is 24.4 Å². The molecule has 2 aromatic rings. The predicted molar refractivity (Wildman–Crippen MR) is 76.5 cm³/mol. The zero-order valence-electron chi connectivity index (χ0n) is 11.5. The van der Waals surface area contributed by atoms with Crippen LogP contribution in [0.1, 0.15) is 37.1 Å². The van der Waals surface area contributed by atoms with Crippen molar-refractivity contribution in [3.63, 3.8) is 0 Å². The van der Waals surface area contributed by atoms with Gasteiger partial charge in [-0.3, -0.25) is 0 Å². The second kappa shape index (κ2) is 5.38. The highest BCUT2D eigenvalue weighted by atomic mass is 16.5. The van der Waals surface area contributed by atoms with Gasteiger partial charge in [-0.15, -0.1) is 0 Å². The second-order valence-corrected chi connectivity index (χ2v) is 5.05. The first-order valence-corrected chi connectivity index (χ1v) is 7.02. The number of hydrogen-bond donors (Lipinski definition) is 1. The summed E-state index contributed by atoms with van der Waals surface area (Å²) in [4.78, 5) is 7.60. The minimum Gasteiger partial charge on any atom is -0.493 e. The number of hydrogen-bond acceptors (Lipinski definition) is 3. The first-order chi connectivity index (χ1) is 9.81. The van der Waals surface area contributed by atoms with Gasteiger partial charge in [0.25, 0.3) is 0 Å². The number of rotatable bonds is 3. The highest BCUT2D eigenvalue weighted by Gasteiger charge is 2.15. The molecule has 0 bridgehead atoms. The fraction of sp³-hybridized carbons (Fsp3) is 0.375. The maximum absolute atomic E-state index is 9.09. The van der Waals surface area contributed by atoms with Gasteiger partial charge in [0, 0.05) is 5.56 Å². The quantitative estimate of drug-likeness (QED) is 0.926. The highest BCUT2D eigenvalue weighted by Crippen LogP contribution is 2.30. The Morgan fingerprint density at radius 3 is 3.20 bits per heavy atom. The van der Waals surface area contributed by atoms with Crippen LogP contribution in [0.4, 0.5) is 0 Å². The van der Waals surface area contributed by atoms with E-state index >= 15 is 0 Å². The summed E-state index contributed by atoms with van der Waals surface area (Å²) in [5.41, 5.74) is 3.31. The van der Waals surface area contributed by atoms with E-state index < -0.39 is 0 Å². The lowest BCUT2D eigenvalue weighted by atomic mass is 10.0. The van der Waals surface area contributed by atoms with Crippen LogP contribution in [-0.4, -0.2) is 16.6 Å². The molecule has 1 unspecified atom stereocenters. The van der Waals surface area contributed by atoms with Crippen LogP contribution >= 0.6 is 0 Å². The third-order valence-electron chi connectivity index (χ3n) is 3.71. The van der Waals surface area contributed by atoms with Crippen molar-refractivity contribution in [1.82, 2.24) is 9.97 Å². The molecule has 4 heteroatoms. The lowest BCUT2D eigenvalue weighted by Crippen LogP contribution is -2.08. The minimum absolute atomic E-state index is 0.162. The van der Waals surface area contributed by atoms with E-state index in [1.807, 2.05) is 19.1 Å². The van der Waals surface area contributed by atoms with Crippen molar-refractivity contribution < 1.29 is 4.74 Å². The van der Waals surface area contributed by atoms with Gasteiger partial charge in [0.1, 0.15) is 17.5 Å². The number of nitriles is 1. The molecule has 0 amide bonds. The molecule has 3 rings (SSSR count). The average molecular weight is 267 g/mol.